The van der Waals surface area contributed by atoms with E-state index in [9.17, 15) is 14.7 Å². The van der Waals surface area contributed by atoms with Gasteiger partial charge in [0.25, 0.3) is 5.91 Å². The van der Waals surface area contributed by atoms with E-state index < -0.39 is 0 Å². The number of aromatic amines is 2. The van der Waals surface area contributed by atoms with Crippen molar-refractivity contribution < 1.29 is 9.90 Å². The maximum absolute atomic E-state index is 12.5. The van der Waals surface area contributed by atoms with Crippen molar-refractivity contribution in [3.8, 4) is 0 Å². The average molecular weight is 402 g/mol. The Morgan fingerprint density at radius 2 is 2.14 bits per heavy atom. The Hall–Kier alpha value is -2.59. The van der Waals surface area contributed by atoms with Crippen molar-refractivity contribution >= 4 is 28.7 Å². The lowest BCUT2D eigenvalue weighted by molar-refractivity contribution is 0.0956. The van der Waals surface area contributed by atoms with Gasteiger partial charge in [0.15, 0.2) is 0 Å². The van der Waals surface area contributed by atoms with Gasteiger partial charge in [-0.25, -0.2) is 4.79 Å². The standard InChI is InChI=1S/C18H22N6O3S/c25-13-4-2-12(3-5-13)24-15-6-1-11(9-14(15)21-18(24)27)17(26)19-7-8-28-16-10-20-23-22-16/h1,6,9-10,12-13,25H,2-5,7-8H2,(H,19,26)(H,21,27)(H,20,22,23). The maximum atomic E-state index is 12.5. The second kappa shape index (κ2) is 8.19. The first-order chi connectivity index (χ1) is 13.6. The summed E-state index contributed by atoms with van der Waals surface area (Å²) in [5, 5.41) is 23.6. The van der Waals surface area contributed by atoms with Gasteiger partial charge in [-0.3, -0.25) is 9.36 Å². The van der Waals surface area contributed by atoms with E-state index in [1.165, 1.54) is 11.8 Å². The lowest BCUT2D eigenvalue weighted by Gasteiger charge is -2.26. The normalized spacial score (nSPS) is 19.8. The Balaban J connectivity index is 1.43. The lowest BCUT2D eigenvalue weighted by Crippen LogP contribution is -2.27. The van der Waals surface area contributed by atoms with Crippen LogP contribution in [0, 0.1) is 0 Å². The summed E-state index contributed by atoms with van der Waals surface area (Å²) in [6, 6.07) is 5.35. The third-order valence-corrected chi connectivity index (χ3v) is 5.94. The zero-order valence-corrected chi connectivity index (χ0v) is 16.0. The number of hydrogen-bond acceptors (Lipinski definition) is 6. The summed E-state index contributed by atoms with van der Waals surface area (Å²) in [7, 11) is 0. The molecule has 1 aliphatic carbocycles. The van der Waals surface area contributed by atoms with Crippen molar-refractivity contribution in [3.63, 3.8) is 0 Å². The number of amides is 1. The molecule has 0 bridgehead atoms. The molecule has 148 valence electrons. The Morgan fingerprint density at radius 3 is 2.89 bits per heavy atom. The number of aliphatic hydroxyl groups is 1. The van der Waals surface area contributed by atoms with Gasteiger partial charge in [-0.05, 0) is 43.9 Å². The SMILES string of the molecule is O=C(NCCSc1cn[nH]n1)c1ccc2c(c1)[nH]c(=O)n2C1CCC(O)CC1. The van der Waals surface area contributed by atoms with Gasteiger partial charge in [0.2, 0.25) is 0 Å². The molecular formula is C18H22N6O3S. The van der Waals surface area contributed by atoms with E-state index in [-0.39, 0.29) is 23.7 Å². The van der Waals surface area contributed by atoms with Crippen molar-refractivity contribution in [2.24, 2.45) is 0 Å². The molecule has 28 heavy (non-hydrogen) atoms. The van der Waals surface area contributed by atoms with Crippen molar-refractivity contribution in [3.05, 3.63) is 40.4 Å². The van der Waals surface area contributed by atoms with Crippen LogP contribution in [0.5, 0.6) is 0 Å². The van der Waals surface area contributed by atoms with Gasteiger partial charge >= 0.3 is 5.69 Å². The summed E-state index contributed by atoms with van der Waals surface area (Å²) in [6.07, 6.45) is 4.33. The van der Waals surface area contributed by atoms with Crippen LogP contribution in [-0.4, -0.2) is 54.4 Å². The zero-order valence-electron chi connectivity index (χ0n) is 15.2. The molecule has 0 aliphatic heterocycles. The number of nitrogens with one attached hydrogen (secondary N) is 3. The number of benzene rings is 1. The van der Waals surface area contributed by atoms with E-state index in [1.807, 2.05) is 6.07 Å². The predicted molar refractivity (Wildman–Crippen MR) is 106 cm³/mol. The van der Waals surface area contributed by atoms with Crippen LogP contribution in [0.15, 0.2) is 34.2 Å². The Bertz CT molecular complexity index is 1000. The first kappa shape index (κ1) is 18.8. The van der Waals surface area contributed by atoms with Crippen molar-refractivity contribution in [2.75, 3.05) is 12.3 Å². The molecule has 1 fully saturated rings. The van der Waals surface area contributed by atoms with Crippen LogP contribution in [0.4, 0.5) is 0 Å². The smallest absolute Gasteiger partial charge is 0.326 e. The van der Waals surface area contributed by atoms with E-state index in [0.29, 0.717) is 36.2 Å². The van der Waals surface area contributed by atoms with E-state index in [1.54, 1.807) is 22.9 Å². The highest BCUT2D eigenvalue weighted by molar-refractivity contribution is 7.99. The zero-order chi connectivity index (χ0) is 19.5. The third kappa shape index (κ3) is 3.97. The number of H-pyrrole nitrogens is 2. The molecule has 1 aromatic carbocycles. The minimum Gasteiger partial charge on any atom is -0.393 e. The van der Waals surface area contributed by atoms with Crippen LogP contribution in [0.3, 0.4) is 0 Å². The maximum Gasteiger partial charge on any atom is 0.326 e. The number of carbonyl (C=O) groups is 1. The summed E-state index contributed by atoms with van der Waals surface area (Å²) in [6.45, 7) is 0.496. The van der Waals surface area contributed by atoms with Gasteiger partial charge in [-0.2, -0.15) is 10.3 Å². The van der Waals surface area contributed by atoms with E-state index in [2.05, 4.69) is 25.7 Å². The minimum absolute atomic E-state index is 0.0814. The molecule has 4 rings (SSSR count). The molecule has 1 saturated carbocycles. The highest BCUT2D eigenvalue weighted by atomic mass is 32.2. The second-order valence-corrected chi connectivity index (χ2v) is 8.02. The molecule has 0 spiro atoms. The Morgan fingerprint density at radius 1 is 1.32 bits per heavy atom. The topological polar surface area (TPSA) is 129 Å². The van der Waals surface area contributed by atoms with Gasteiger partial charge in [0, 0.05) is 23.9 Å². The Labute approximate surface area is 164 Å². The molecule has 2 heterocycles. The van der Waals surface area contributed by atoms with E-state index >= 15 is 0 Å². The fourth-order valence-corrected chi connectivity index (χ4v) is 4.28. The third-order valence-electron chi connectivity index (χ3n) is 5.04. The number of thioether (sulfide) groups is 1. The fraction of sp³-hybridized carbons (Fsp3) is 0.444. The largest absolute Gasteiger partial charge is 0.393 e. The number of nitrogens with zero attached hydrogens (tertiary/aromatic N) is 3. The molecule has 9 nitrogen and oxygen atoms in total. The number of aliphatic hydroxyl groups excluding tert-OH is 1. The number of aromatic nitrogens is 5. The van der Waals surface area contributed by atoms with Crippen LogP contribution in [0.2, 0.25) is 0 Å². The predicted octanol–water partition coefficient (Wildman–Crippen LogP) is 1.45. The fourth-order valence-electron chi connectivity index (χ4n) is 3.63. The summed E-state index contributed by atoms with van der Waals surface area (Å²) < 4.78 is 1.76. The van der Waals surface area contributed by atoms with Crippen molar-refractivity contribution in [2.45, 2.75) is 42.9 Å². The average Bonchev–Trinajstić information content (AvgIpc) is 3.32. The molecular weight excluding hydrogens is 380 g/mol. The molecule has 2 aromatic heterocycles. The molecule has 0 atom stereocenters. The molecule has 3 aromatic rings. The van der Waals surface area contributed by atoms with Crippen molar-refractivity contribution in [1.82, 2.24) is 30.3 Å². The summed E-state index contributed by atoms with van der Waals surface area (Å²) >= 11 is 1.50. The van der Waals surface area contributed by atoms with Gasteiger partial charge in [0.05, 0.1) is 23.3 Å². The molecule has 0 unspecified atom stereocenters. The number of hydrogen-bond donors (Lipinski definition) is 4. The Kier molecular flexibility index (Phi) is 5.49. The number of fused-ring (bicyclic) bond motifs is 1. The van der Waals surface area contributed by atoms with Gasteiger partial charge in [-0.1, -0.05) is 0 Å². The summed E-state index contributed by atoms with van der Waals surface area (Å²) in [4.78, 5) is 27.7. The van der Waals surface area contributed by atoms with E-state index in [4.69, 9.17) is 0 Å². The van der Waals surface area contributed by atoms with Gasteiger partial charge in [-0.15, -0.1) is 16.9 Å². The van der Waals surface area contributed by atoms with Gasteiger partial charge in [0.1, 0.15) is 5.03 Å². The highest BCUT2D eigenvalue weighted by Crippen LogP contribution is 2.29. The van der Waals surface area contributed by atoms with Crippen LogP contribution in [0.25, 0.3) is 11.0 Å². The number of rotatable bonds is 6. The van der Waals surface area contributed by atoms with Gasteiger partial charge < -0.3 is 15.4 Å². The molecule has 10 heteroatoms. The van der Waals surface area contributed by atoms with Crippen LogP contribution >= 0.6 is 11.8 Å². The first-order valence-corrected chi connectivity index (χ1v) is 10.3. The number of carbonyl (C=O) groups excluding carboxylic acids is 1. The molecule has 1 aliphatic rings. The molecule has 0 radical (unpaired) electrons. The van der Waals surface area contributed by atoms with E-state index in [0.717, 1.165) is 23.4 Å². The minimum atomic E-state index is -0.269. The second-order valence-electron chi connectivity index (χ2n) is 6.91. The highest BCUT2D eigenvalue weighted by Gasteiger charge is 2.24. The van der Waals surface area contributed by atoms with Crippen LogP contribution in [-0.2, 0) is 0 Å². The molecule has 1 amide bonds. The molecule has 0 saturated heterocycles. The summed E-state index contributed by atoms with van der Waals surface area (Å²) in [5.74, 6) is 0.499. The lowest BCUT2D eigenvalue weighted by atomic mass is 9.93. The van der Waals surface area contributed by atoms with Crippen LogP contribution < -0.4 is 11.0 Å². The summed E-state index contributed by atoms with van der Waals surface area (Å²) in [5.41, 5.74) is 1.79. The van der Waals surface area contributed by atoms with Crippen molar-refractivity contribution in [1.29, 1.82) is 0 Å². The van der Waals surface area contributed by atoms with Crippen LogP contribution in [0.1, 0.15) is 42.1 Å². The number of imidazole rings is 1. The monoisotopic (exact) mass is 402 g/mol. The molecule has 4 N–H and O–H groups in total. The first-order valence-electron chi connectivity index (χ1n) is 9.31. The quantitative estimate of drug-likeness (QED) is 0.365.